The Kier molecular flexibility index (Phi) is 18.4. The van der Waals surface area contributed by atoms with Crippen LogP contribution in [0.5, 0.6) is 0 Å². The second-order valence-electron chi connectivity index (χ2n) is 22.2. The summed E-state index contributed by atoms with van der Waals surface area (Å²) in [7, 11) is 0. The molecule has 4 aliphatic rings. The monoisotopic (exact) mass is 1010 g/mol. The summed E-state index contributed by atoms with van der Waals surface area (Å²) >= 11 is 0. The fourth-order valence-corrected chi connectivity index (χ4v) is 12.3. The molecule has 74 heavy (non-hydrogen) atoms. The molecule has 1 aliphatic heterocycles. The standard InChI is InChI=1S/C59H78N8O7/c1-35(2)27-43(55(70)67-53-34-60-33-49(53)59(74)66-52-24-12-21-48(52)57(72)62-36(3)28-42-17-9-16-40-14-7-8-18-45(40)42)32-61-56(71)46-19-10-23-51(46)65-58(73)47-20-11-22-50(47)64-54(69)31-44(63-37(4)68)30-38-25-26-39-13-5-6-15-41(39)29-38/h5-9,13-18,25-26,29,35-36,43-44,46-53,60H,10-12,19-24,27-28,30-34H2,1-4H3,(H,61,71)(H,62,72)(H,63,68)(H,64,69)(H,65,73)(H,66,74)(H,67,70)/t36-,43?,44+,46+,47+,48+,49+,50+,51+,52+,53+/m1/s1. The van der Waals surface area contributed by atoms with Crippen molar-refractivity contribution in [3.8, 4) is 0 Å². The van der Waals surface area contributed by atoms with Gasteiger partial charge < -0.3 is 42.5 Å². The number of rotatable bonds is 21. The number of nitrogens with one attached hydrogen (secondary N) is 8. The Morgan fingerprint density at radius 3 is 1.86 bits per heavy atom. The largest absolute Gasteiger partial charge is 0.355 e. The summed E-state index contributed by atoms with van der Waals surface area (Å²) in [5, 5.41) is 29.7. The minimum atomic E-state index is -0.544. The van der Waals surface area contributed by atoms with E-state index in [1.165, 1.54) is 17.9 Å². The van der Waals surface area contributed by atoms with E-state index in [-0.39, 0.29) is 90.3 Å². The highest BCUT2D eigenvalue weighted by molar-refractivity contribution is 5.89. The van der Waals surface area contributed by atoms with Gasteiger partial charge in [-0.3, -0.25) is 33.6 Å². The minimum Gasteiger partial charge on any atom is -0.355 e. The van der Waals surface area contributed by atoms with Crippen molar-refractivity contribution in [2.75, 3.05) is 19.6 Å². The minimum absolute atomic E-state index is 0.0533. The van der Waals surface area contributed by atoms with Crippen LogP contribution in [-0.2, 0) is 46.4 Å². The third-order valence-corrected chi connectivity index (χ3v) is 16.0. The highest BCUT2D eigenvalue weighted by atomic mass is 16.2. The Balaban J connectivity index is 0.797. The number of carbonyl (C=O) groups excluding carboxylic acids is 7. The first-order valence-corrected chi connectivity index (χ1v) is 27.4. The Morgan fingerprint density at radius 2 is 1.18 bits per heavy atom. The lowest BCUT2D eigenvalue weighted by atomic mass is 9.93. The SMILES string of the molecule is CC(=O)N[C@H](CC(=O)N[C@H]1CCC[C@@H]1C(=O)N[C@H]1CCC[C@@H]1C(=O)NCC(CC(C)C)C(=O)N[C@H]1CNC[C@@H]1C(=O)N[C@H]1CCC[C@@H]1C(=O)N[C@H](C)Cc1cccc2ccccc12)Cc1ccc2ccccc2c1. The van der Waals surface area contributed by atoms with E-state index in [9.17, 15) is 33.6 Å². The quantitative estimate of drug-likeness (QED) is 0.0531. The van der Waals surface area contributed by atoms with Gasteiger partial charge in [-0.2, -0.15) is 0 Å². The van der Waals surface area contributed by atoms with Gasteiger partial charge in [-0.15, -0.1) is 0 Å². The van der Waals surface area contributed by atoms with Crippen molar-refractivity contribution in [1.29, 1.82) is 0 Å². The van der Waals surface area contributed by atoms with E-state index in [0.29, 0.717) is 70.9 Å². The fourth-order valence-electron chi connectivity index (χ4n) is 12.3. The maximum atomic E-state index is 14.0. The number of fused-ring (bicyclic) bond motifs is 2. The molecule has 7 amide bonds. The van der Waals surface area contributed by atoms with Crippen LogP contribution >= 0.6 is 0 Å². The molecule has 15 heteroatoms. The van der Waals surface area contributed by atoms with Crippen LogP contribution in [0.1, 0.15) is 109 Å². The van der Waals surface area contributed by atoms with E-state index in [4.69, 9.17) is 0 Å². The Hall–Kier alpha value is -6.35. The van der Waals surface area contributed by atoms with Crippen LogP contribution in [0.3, 0.4) is 0 Å². The molecule has 1 unspecified atom stereocenters. The van der Waals surface area contributed by atoms with Crippen LogP contribution < -0.4 is 42.5 Å². The van der Waals surface area contributed by atoms with Crippen LogP contribution in [-0.4, -0.2) is 97.2 Å². The van der Waals surface area contributed by atoms with Crippen LogP contribution in [0, 0.1) is 35.5 Å². The lowest BCUT2D eigenvalue weighted by Gasteiger charge is -2.28. The molecule has 1 saturated heterocycles. The molecular formula is C59H78N8O7. The van der Waals surface area contributed by atoms with E-state index in [1.54, 1.807) is 0 Å². The molecule has 4 fully saturated rings. The van der Waals surface area contributed by atoms with Gasteiger partial charge in [0.25, 0.3) is 0 Å². The van der Waals surface area contributed by atoms with Gasteiger partial charge in [0.2, 0.25) is 41.4 Å². The van der Waals surface area contributed by atoms with E-state index in [0.717, 1.165) is 41.0 Å². The first-order valence-electron chi connectivity index (χ1n) is 27.4. The van der Waals surface area contributed by atoms with Crippen LogP contribution in [0.15, 0.2) is 84.9 Å². The summed E-state index contributed by atoms with van der Waals surface area (Å²) in [6, 6.07) is 26.7. The van der Waals surface area contributed by atoms with Gasteiger partial charge in [0.05, 0.1) is 35.6 Å². The molecular weight excluding hydrogens is 933 g/mol. The van der Waals surface area contributed by atoms with Gasteiger partial charge in [0, 0.05) is 63.2 Å². The van der Waals surface area contributed by atoms with E-state index in [1.807, 2.05) is 75.4 Å². The highest BCUT2D eigenvalue weighted by Gasteiger charge is 2.42. The van der Waals surface area contributed by atoms with E-state index >= 15 is 0 Å². The normalized spacial score (nSPS) is 24.7. The Morgan fingerprint density at radius 1 is 0.568 bits per heavy atom. The van der Waals surface area contributed by atoms with Crippen molar-refractivity contribution in [2.24, 2.45) is 35.5 Å². The van der Waals surface area contributed by atoms with Crippen LogP contribution in [0.4, 0.5) is 0 Å². The Labute approximate surface area is 436 Å². The fraction of sp³-hybridized carbons (Fsp3) is 0.542. The molecule has 4 aromatic carbocycles. The van der Waals surface area contributed by atoms with Crippen LogP contribution in [0.25, 0.3) is 21.5 Å². The van der Waals surface area contributed by atoms with Crippen molar-refractivity contribution in [3.05, 3.63) is 96.1 Å². The van der Waals surface area contributed by atoms with Crippen LogP contribution in [0.2, 0.25) is 0 Å². The van der Waals surface area contributed by atoms with Crippen molar-refractivity contribution >= 4 is 62.9 Å². The van der Waals surface area contributed by atoms with Crippen molar-refractivity contribution in [3.63, 3.8) is 0 Å². The van der Waals surface area contributed by atoms with Gasteiger partial charge in [0.1, 0.15) is 0 Å². The first-order chi connectivity index (χ1) is 35.7. The number of hydrogen-bond donors (Lipinski definition) is 8. The average molecular weight is 1010 g/mol. The summed E-state index contributed by atoms with van der Waals surface area (Å²) in [6.07, 6.45) is 8.05. The smallest absolute Gasteiger partial charge is 0.226 e. The predicted octanol–water partition coefficient (Wildman–Crippen LogP) is 5.52. The van der Waals surface area contributed by atoms with Gasteiger partial charge in [-0.25, -0.2) is 0 Å². The molecule has 1 heterocycles. The number of hydrogen-bond acceptors (Lipinski definition) is 8. The molecule has 3 aliphatic carbocycles. The summed E-state index contributed by atoms with van der Waals surface area (Å²) in [6.45, 7) is 8.45. The molecule has 8 N–H and O–H groups in total. The van der Waals surface area contributed by atoms with Crippen molar-refractivity contribution in [1.82, 2.24) is 42.5 Å². The van der Waals surface area contributed by atoms with Gasteiger partial charge in [-0.1, -0.05) is 118 Å². The summed E-state index contributed by atoms with van der Waals surface area (Å²) in [4.78, 5) is 95.1. The first kappa shape index (κ1) is 53.9. The Bertz CT molecular complexity index is 2650. The van der Waals surface area contributed by atoms with Gasteiger partial charge in [-0.05, 0) is 103 Å². The zero-order chi connectivity index (χ0) is 52.3. The zero-order valence-electron chi connectivity index (χ0n) is 43.7. The molecule has 396 valence electrons. The molecule has 15 nitrogen and oxygen atoms in total. The zero-order valence-corrected chi connectivity index (χ0v) is 43.7. The third-order valence-electron chi connectivity index (χ3n) is 16.0. The summed E-state index contributed by atoms with van der Waals surface area (Å²) in [5.74, 6) is -3.48. The molecule has 0 radical (unpaired) electrons. The van der Waals surface area contributed by atoms with Gasteiger partial charge in [0.15, 0.2) is 0 Å². The number of carbonyl (C=O) groups is 7. The van der Waals surface area contributed by atoms with E-state index < -0.39 is 35.8 Å². The van der Waals surface area contributed by atoms with E-state index in [2.05, 4.69) is 72.9 Å². The number of amides is 7. The molecule has 11 atom stereocenters. The third kappa shape index (κ3) is 14.1. The highest BCUT2D eigenvalue weighted by Crippen LogP contribution is 2.31. The summed E-state index contributed by atoms with van der Waals surface area (Å²) < 4.78 is 0. The molecule has 0 spiro atoms. The second-order valence-corrected chi connectivity index (χ2v) is 22.2. The molecule has 4 aromatic rings. The maximum absolute atomic E-state index is 14.0. The number of benzene rings is 4. The second kappa shape index (κ2) is 25.3. The molecule has 0 aromatic heterocycles. The lowest BCUT2D eigenvalue weighted by molar-refractivity contribution is -0.130. The maximum Gasteiger partial charge on any atom is 0.226 e. The predicted molar refractivity (Wildman–Crippen MR) is 287 cm³/mol. The molecule has 3 saturated carbocycles. The topological polar surface area (TPSA) is 216 Å². The van der Waals surface area contributed by atoms with Crippen molar-refractivity contribution < 1.29 is 33.6 Å². The average Bonchev–Trinajstić information content (AvgIpc) is 4.22. The molecule has 8 rings (SSSR count). The molecule has 0 bridgehead atoms. The van der Waals surface area contributed by atoms with Crippen molar-refractivity contribution in [2.45, 2.75) is 147 Å². The lowest BCUT2D eigenvalue weighted by Crippen LogP contribution is -2.53. The van der Waals surface area contributed by atoms with Gasteiger partial charge >= 0.3 is 0 Å². The summed E-state index contributed by atoms with van der Waals surface area (Å²) in [5.41, 5.74) is 2.19.